The van der Waals surface area contributed by atoms with Crippen LogP contribution in [0, 0.1) is 6.92 Å². The summed E-state index contributed by atoms with van der Waals surface area (Å²) in [6, 6.07) is 3.58. The van der Waals surface area contributed by atoms with Crippen LogP contribution in [0.4, 0.5) is 0 Å². The zero-order chi connectivity index (χ0) is 19.2. The van der Waals surface area contributed by atoms with Gasteiger partial charge in [-0.3, -0.25) is 14.8 Å². The fourth-order valence-electron chi connectivity index (χ4n) is 4.34. The van der Waals surface area contributed by atoms with Crippen LogP contribution in [0.2, 0.25) is 0 Å². The minimum Gasteiger partial charge on any atom is -0.381 e. The Labute approximate surface area is 162 Å². The van der Waals surface area contributed by atoms with Gasteiger partial charge in [0, 0.05) is 50.1 Å². The van der Waals surface area contributed by atoms with E-state index in [1.54, 1.807) is 6.07 Å². The van der Waals surface area contributed by atoms with Gasteiger partial charge in [-0.25, -0.2) is 0 Å². The predicted molar refractivity (Wildman–Crippen MR) is 106 cm³/mol. The Kier molecular flexibility index (Phi) is 7.26. The monoisotopic (exact) mass is 377 g/mol. The molecule has 0 saturated carbocycles. The van der Waals surface area contributed by atoms with Gasteiger partial charge in [0.1, 0.15) is 5.69 Å². The van der Waals surface area contributed by atoms with E-state index < -0.39 is 0 Å². The minimum atomic E-state index is -0.0964. The number of amides is 1. The lowest BCUT2D eigenvalue weighted by atomic mass is 9.97. The first-order valence-corrected chi connectivity index (χ1v) is 10.4. The van der Waals surface area contributed by atoms with Crippen LogP contribution >= 0.6 is 0 Å². The van der Waals surface area contributed by atoms with Gasteiger partial charge in [0.15, 0.2) is 0 Å². The Balaban J connectivity index is 1.54. The zero-order valence-electron chi connectivity index (χ0n) is 17.0. The number of likely N-dealkylation sites (tertiary alicyclic amines) is 1. The molecule has 2 fully saturated rings. The topological polar surface area (TPSA) is 73.5 Å². The summed E-state index contributed by atoms with van der Waals surface area (Å²) in [7, 11) is 0. The van der Waals surface area contributed by atoms with Crippen LogP contribution in [0.25, 0.3) is 0 Å². The third-order valence-corrected chi connectivity index (χ3v) is 5.95. The molecule has 1 amide bonds. The molecule has 7 heteroatoms. The Morgan fingerprint density at radius 3 is 2.56 bits per heavy atom. The Morgan fingerprint density at radius 1 is 1.30 bits per heavy atom. The highest BCUT2D eigenvalue weighted by Crippen LogP contribution is 2.24. The van der Waals surface area contributed by atoms with Gasteiger partial charge in [-0.15, -0.1) is 0 Å². The van der Waals surface area contributed by atoms with Gasteiger partial charge in [0.25, 0.3) is 5.91 Å². The molecule has 0 bridgehead atoms. The van der Waals surface area contributed by atoms with E-state index in [0.29, 0.717) is 30.4 Å². The van der Waals surface area contributed by atoms with Gasteiger partial charge in [-0.2, -0.15) is 5.10 Å². The number of aromatic nitrogens is 2. The van der Waals surface area contributed by atoms with Crippen molar-refractivity contribution in [1.82, 2.24) is 25.3 Å². The van der Waals surface area contributed by atoms with Crippen LogP contribution in [-0.2, 0) is 4.74 Å². The largest absolute Gasteiger partial charge is 0.381 e. The third kappa shape index (κ3) is 5.53. The van der Waals surface area contributed by atoms with Crippen LogP contribution in [0.1, 0.15) is 55.7 Å². The number of carbonyl (C=O) groups is 1. The smallest absolute Gasteiger partial charge is 0.271 e. The van der Waals surface area contributed by atoms with E-state index in [4.69, 9.17) is 4.74 Å². The number of ether oxygens (including phenoxy) is 1. The molecule has 0 aliphatic carbocycles. The lowest BCUT2D eigenvalue weighted by Gasteiger charge is -2.44. The summed E-state index contributed by atoms with van der Waals surface area (Å²) in [6.45, 7) is 12.1. The number of hydrogen-bond acceptors (Lipinski definition) is 5. The number of piperidine rings is 1. The second-order valence-corrected chi connectivity index (χ2v) is 8.13. The van der Waals surface area contributed by atoms with Gasteiger partial charge >= 0.3 is 0 Å². The van der Waals surface area contributed by atoms with Gasteiger partial charge in [-0.05, 0) is 65.6 Å². The second-order valence-electron chi connectivity index (χ2n) is 8.13. The lowest BCUT2D eigenvalue weighted by molar-refractivity contribution is 0.0000187. The van der Waals surface area contributed by atoms with Gasteiger partial charge < -0.3 is 15.0 Å². The normalized spacial score (nSPS) is 20.5. The molecule has 2 N–H and O–H groups in total. The summed E-state index contributed by atoms with van der Waals surface area (Å²) in [5.74, 6) is -0.0964. The molecule has 3 heterocycles. The molecule has 0 aromatic carbocycles. The van der Waals surface area contributed by atoms with Gasteiger partial charge in [-0.1, -0.05) is 0 Å². The standard InChI is InChI=1S/C20H35N5O2/c1-15(2)24-9-4-17(5-10-24)25(18-6-12-27-13-7-18)11-8-21-20(26)19-14-16(3)22-23-19/h14-15,17-18H,4-13H2,1-3H3,(H,21,26)(H,22,23). The summed E-state index contributed by atoms with van der Waals surface area (Å²) >= 11 is 0. The van der Waals surface area contributed by atoms with Crippen molar-refractivity contribution >= 4 is 5.91 Å². The van der Waals surface area contributed by atoms with E-state index in [-0.39, 0.29) is 5.91 Å². The molecule has 2 aliphatic rings. The van der Waals surface area contributed by atoms with Crippen molar-refractivity contribution in [3.63, 3.8) is 0 Å². The fraction of sp³-hybridized carbons (Fsp3) is 0.800. The van der Waals surface area contributed by atoms with Gasteiger partial charge in [0.05, 0.1) is 0 Å². The molecule has 0 spiro atoms. The highest BCUT2D eigenvalue weighted by atomic mass is 16.5. The van der Waals surface area contributed by atoms with Crippen molar-refractivity contribution in [2.24, 2.45) is 0 Å². The molecule has 2 aliphatic heterocycles. The maximum atomic E-state index is 12.3. The minimum absolute atomic E-state index is 0.0964. The summed E-state index contributed by atoms with van der Waals surface area (Å²) in [5.41, 5.74) is 1.37. The van der Waals surface area contributed by atoms with Crippen LogP contribution in [0.5, 0.6) is 0 Å². The van der Waals surface area contributed by atoms with Crippen molar-refractivity contribution < 1.29 is 9.53 Å². The highest BCUT2D eigenvalue weighted by Gasteiger charge is 2.31. The number of H-pyrrole nitrogens is 1. The second kappa shape index (κ2) is 9.66. The molecular formula is C20H35N5O2. The summed E-state index contributed by atoms with van der Waals surface area (Å²) < 4.78 is 5.57. The van der Waals surface area contributed by atoms with Crippen LogP contribution < -0.4 is 5.32 Å². The van der Waals surface area contributed by atoms with Crippen molar-refractivity contribution in [1.29, 1.82) is 0 Å². The molecule has 0 unspecified atom stereocenters. The first-order valence-electron chi connectivity index (χ1n) is 10.4. The maximum absolute atomic E-state index is 12.3. The number of nitrogens with one attached hydrogen (secondary N) is 2. The van der Waals surface area contributed by atoms with E-state index in [9.17, 15) is 4.79 Å². The van der Waals surface area contributed by atoms with E-state index in [1.165, 1.54) is 25.9 Å². The number of rotatable bonds is 7. The average molecular weight is 378 g/mol. The number of carbonyl (C=O) groups excluding carboxylic acids is 1. The van der Waals surface area contributed by atoms with Crippen molar-refractivity contribution in [2.75, 3.05) is 39.4 Å². The van der Waals surface area contributed by atoms with E-state index in [0.717, 1.165) is 38.3 Å². The predicted octanol–water partition coefficient (Wildman–Crippen LogP) is 1.80. The zero-order valence-corrected chi connectivity index (χ0v) is 17.0. The number of hydrogen-bond donors (Lipinski definition) is 2. The Morgan fingerprint density at radius 2 is 1.96 bits per heavy atom. The maximum Gasteiger partial charge on any atom is 0.271 e. The number of aromatic amines is 1. The molecular weight excluding hydrogens is 342 g/mol. The molecule has 3 rings (SSSR count). The third-order valence-electron chi connectivity index (χ3n) is 5.95. The van der Waals surface area contributed by atoms with Crippen LogP contribution in [0.3, 0.4) is 0 Å². The summed E-state index contributed by atoms with van der Waals surface area (Å²) in [6.07, 6.45) is 4.61. The molecule has 1 aromatic heterocycles. The quantitative estimate of drug-likeness (QED) is 0.758. The first-order chi connectivity index (χ1) is 13.0. The van der Waals surface area contributed by atoms with Crippen LogP contribution in [0.15, 0.2) is 6.07 Å². The van der Waals surface area contributed by atoms with Gasteiger partial charge in [0.2, 0.25) is 0 Å². The summed E-state index contributed by atoms with van der Waals surface area (Å²) in [5, 5.41) is 9.91. The van der Waals surface area contributed by atoms with Crippen molar-refractivity contribution in [3.8, 4) is 0 Å². The number of nitrogens with zero attached hydrogens (tertiary/aromatic N) is 3. The van der Waals surface area contributed by atoms with Crippen LogP contribution in [-0.4, -0.2) is 83.4 Å². The first kappa shape index (κ1) is 20.3. The highest BCUT2D eigenvalue weighted by molar-refractivity contribution is 5.92. The lowest BCUT2D eigenvalue weighted by Crippen LogP contribution is -2.53. The molecule has 27 heavy (non-hydrogen) atoms. The average Bonchev–Trinajstić information content (AvgIpc) is 3.12. The van der Waals surface area contributed by atoms with E-state index >= 15 is 0 Å². The molecule has 1 aromatic rings. The molecule has 0 radical (unpaired) electrons. The van der Waals surface area contributed by atoms with Crippen molar-refractivity contribution in [3.05, 3.63) is 17.5 Å². The van der Waals surface area contributed by atoms with E-state index in [2.05, 4.69) is 39.2 Å². The SMILES string of the molecule is Cc1cc(C(=O)NCCN(C2CCOCC2)C2CCN(C(C)C)CC2)n[nH]1. The van der Waals surface area contributed by atoms with Crippen molar-refractivity contribution in [2.45, 2.75) is 64.6 Å². The molecule has 7 nitrogen and oxygen atoms in total. The molecule has 152 valence electrons. The molecule has 2 saturated heterocycles. The number of aryl methyl sites for hydroxylation is 1. The summed E-state index contributed by atoms with van der Waals surface area (Å²) in [4.78, 5) is 17.5. The molecule has 0 atom stereocenters. The Hall–Kier alpha value is -1.44. The Bertz CT molecular complexity index is 589. The van der Waals surface area contributed by atoms with E-state index in [1.807, 2.05) is 6.92 Å². The fourth-order valence-corrected chi connectivity index (χ4v) is 4.34.